The number of aromatic nitrogens is 1. The van der Waals surface area contributed by atoms with Crippen LogP contribution in [0.1, 0.15) is 21.7 Å². The van der Waals surface area contributed by atoms with Gasteiger partial charge in [-0.2, -0.15) is 0 Å². The van der Waals surface area contributed by atoms with Gasteiger partial charge < -0.3 is 4.57 Å². The van der Waals surface area contributed by atoms with Gasteiger partial charge in [0.15, 0.2) is 5.78 Å². The molecule has 100 valence electrons. The minimum Gasteiger partial charge on any atom is -0.316 e. The largest absolute Gasteiger partial charge is 0.316 e. The molecule has 0 radical (unpaired) electrons. The summed E-state index contributed by atoms with van der Waals surface area (Å²) in [4.78, 5) is 11.8. The fraction of sp³-hybridized carbons (Fsp3) is 0.214. The SMILES string of the molecule is Cc1cc(C(=O)CCl)c(C)n1-c1cc(Cl)ccc1Cl. The summed E-state index contributed by atoms with van der Waals surface area (Å²) in [5.74, 6) is -0.132. The van der Waals surface area contributed by atoms with Crippen molar-refractivity contribution in [1.29, 1.82) is 0 Å². The molecule has 0 aliphatic rings. The van der Waals surface area contributed by atoms with Crippen LogP contribution in [0.2, 0.25) is 10.0 Å². The predicted octanol–water partition coefficient (Wildman–Crippen LogP) is 4.82. The third kappa shape index (κ3) is 2.66. The Morgan fingerprint density at radius 3 is 2.53 bits per heavy atom. The molecule has 2 aromatic rings. The number of ketones is 1. The molecule has 1 heterocycles. The maximum atomic E-state index is 11.8. The first-order chi connectivity index (χ1) is 8.95. The molecule has 0 saturated heterocycles. The van der Waals surface area contributed by atoms with Gasteiger partial charge in [-0.25, -0.2) is 0 Å². The van der Waals surface area contributed by atoms with Crippen LogP contribution in [0.4, 0.5) is 0 Å². The Morgan fingerprint density at radius 2 is 1.89 bits per heavy atom. The standard InChI is InChI=1S/C14H12Cl3NO/c1-8-5-11(14(19)7-15)9(2)18(8)13-6-10(16)3-4-12(13)17/h3-6H,7H2,1-2H3. The second kappa shape index (κ2) is 5.58. The first kappa shape index (κ1) is 14.4. The minimum atomic E-state index is -0.0980. The van der Waals surface area contributed by atoms with Crippen molar-refractivity contribution in [2.75, 3.05) is 5.88 Å². The molecular formula is C14H12Cl3NO. The van der Waals surface area contributed by atoms with Gasteiger partial charge in [0.25, 0.3) is 0 Å². The van der Waals surface area contributed by atoms with Crippen LogP contribution in [0.15, 0.2) is 24.3 Å². The highest BCUT2D eigenvalue weighted by molar-refractivity contribution is 6.34. The first-order valence-corrected chi connectivity index (χ1v) is 6.98. The number of halogens is 3. The normalized spacial score (nSPS) is 10.8. The molecule has 1 aromatic heterocycles. The van der Waals surface area contributed by atoms with Gasteiger partial charge >= 0.3 is 0 Å². The van der Waals surface area contributed by atoms with E-state index in [4.69, 9.17) is 34.8 Å². The number of hydrogen-bond acceptors (Lipinski definition) is 1. The molecule has 0 fully saturated rings. The van der Waals surface area contributed by atoms with Crippen molar-refractivity contribution >= 4 is 40.6 Å². The average Bonchev–Trinajstić information content (AvgIpc) is 2.67. The zero-order valence-electron chi connectivity index (χ0n) is 10.5. The Hall–Kier alpha value is -0.960. The highest BCUT2D eigenvalue weighted by Gasteiger charge is 2.17. The fourth-order valence-electron chi connectivity index (χ4n) is 2.14. The van der Waals surface area contributed by atoms with Crippen LogP contribution in [0.25, 0.3) is 5.69 Å². The van der Waals surface area contributed by atoms with Gasteiger partial charge in [0.05, 0.1) is 16.6 Å². The van der Waals surface area contributed by atoms with E-state index in [1.54, 1.807) is 18.2 Å². The maximum Gasteiger partial charge on any atom is 0.179 e. The number of nitrogens with zero attached hydrogens (tertiary/aromatic N) is 1. The summed E-state index contributed by atoms with van der Waals surface area (Å²) >= 11 is 17.8. The highest BCUT2D eigenvalue weighted by Crippen LogP contribution is 2.29. The van der Waals surface area contributed by atoms with Gasteiger partial charge in [-0.15, -0.1) is 11.6 Å². The van der Waals surface area contributed by atoms with Gasteiger partial charge in [0.2, 0.25) is 0 Å². The second-order valence-corrected chi connectivity index (χ2v) is 5.38. The maximum absolute atomic E-state index is 11.8. The van der Waals surface area contributed by atoms with Gasteiger partial charge in [-0.1, -0.05) is 23.2 Å². The van der Waals surface area contributed by atoms with E-state index in [1.165, 1.54) is 0 Å². The van der Waals surface area contributed by atoms with Crippen LogP contribution in [0.3, 0.4) is 0 Å². The predicted molar refractivity (Wildman–Crippen MR) is 80.3 cm³/mol. The van der Waals surface area contributed by atoms with Crippen LogP contribution in [-0.4, -0.2) is 16.2 Å². The number of hydrogen-bond donors (Lipinski definition) is 0. The smallest absolute Gasteiger partial charge is 0.179 e. The Morgan fingerprint density at radius 1 is 1.21 bits per heavy atom. The third-order valence-electron chi connectivity index (χ3n) is 3.00. The van der Waals surface area contributed by atoms with E-state index < -0.39 is 0 Å². The summed E-state index contributed by atoms with van der Waals surface area (Å²) in [6, 6.07) is 7.06. The summed E-state index contributed by atoms with van der Waals surface area (Å²) in [6.07, 6.45) is 0. The Bertz CT molecular complexity index is 646. The third-order valence-corrected chi connectivity index (χ3v) is 3.80. The first-order valence-electron chi connectivity index (χ1n) is 5.69. The number of benzene rings is 1. The summed E-state index contributed by atoms with van der Waals surface area (Å²) in [7, 11) is 0. The molecule has 0 amide bonds. The lowest BCUT2D eigenvalue weighted by Crippen LogP contribution is -2.04. The molecule has 0 atom stereocenters. The number of Topliss-reactive ketones (excluding diaryl/α,β-unsaturated/α-hetero) is 1. The Labute approximate surface area is 126 Å². The lowest BCUT2D eigenvalue weighted by atomic mass is 10.2. The van der Waals surface area contributed by atoms with Crippen LogP contribution >= 0.6 is 34.8 Å². The van der Waals surface area contributed by atoms with Gasteiger partial charge in [0.1, 0.15) is 0 Å². The molecule has 0 unspecified atom stereocenters. The van der Waals surface area contributed by atoms with Gasteiger partial charge in [-0.05, 0) is 38.1 Å². The quantitative estimate of drug-likeness (QED) is 0.587. The van der Waals surface area contributed by atoms with E-state index >= 15 is 0 Å². The van der Waals surface area contributed by atoms with Crippen molar-refractivity contribution in [3.8, 4) is 5.69 Å². The molecule has 0 aliphatic carbocycles. The topological polar surface area (TPSA) is 22.0 Å². The van der Waals surface area contributed by atoms with E-state index in [2.05, 4.69) is 0 Å². The summed E-state index contributed by atoms with van der Waals surface area (Å²) < 4.78 is 1.91. The van der Waals surface area contributed by atoms with Crippen LogP contribution < -0.4 is 0 Å². The molecule has 0 spiro atoms. The monoisotopic (exact) mass is 315 g/mol. The van der Waals surface area contributed by atoms with E-state index in [0.29, 0.717) is 15.6 Å². The zero-order valence-corrected chi connectivity index (χ0v) is 12.8. The number of rotatable bonds is 3. The van der Waals surface area contributed by atoms with E-state index in [-0.39, 0.29) is 11.7 Å². The van der Waals surface area contributed by atoms with Crippen molar-refractivity contribution in [1.82, 2.24) is 4.57 Å². The van der Waals surface area contributed by atoms with Gasteiger partial charge in [0, 0.05) is 22.0 Å². The number of aryl methyl sites for hydroxylation is 1. The van der Waals surface area contributed by atoms with Crippen LogP contribution in [0, 0.1) is 13.8 Å². The molecule has 0 aliphatic heterocycles. The summed E-state index contributed by atoms with van der Waals surface area (Å²) in [5.41, 5.74) is 3.10. The molecule has 19 heavy (non-hydrogen) atoms. The molecule has 0 N–H and O–H groups in total. The van der Waals surface area contributed by atoms with E-state index in [1.807, 2.05) is 24.5 Å². The second-order valence-electron chi connectivity index (χ2n) is 4.27. The molecule has 5 heteroatoms. The fourth-order valence-corrected chi connectivity index (χ4v) is 2.66. The number of carbonyl (C=O) groups is 1. The molecule has 2 nitrogen and oxygen atoms in total. The Kier molecular flexibility index (Phi) is 4.24. The molecular weight excluding hydrogens is 305 g/mol. The van der Waals surface area contributed by atoms with Crippen molar-refractivity contribution in [3.05, 3.63) is 51.3 Å². The highest BCUT2D eigenvalue weighted by atomic mass is 35.5. The average molecular weight is 317 g/mol. The van der Waals surface area contributed by atoms with Crippen molar-refractivity contribution in [2.45, 2.75) is 13.8 Å². The minimum absolute atomic E-state index is 0.0342. The molecule has 1 aromatic carbocycles. The Balaban J connectivity index is 2.66. The summed E-state index contributed by atoms with van der Waals surface area (Å²) in [6.45, 7) is 3.78. The van der Waals surface area contributed by atoms with Crippen LogP contribution in [0.5, 0.6) is 0 Å². The summed E-state index contributed by atoms with van der Waals surface area (Å²) in [5, 5.41) is 1.17. The van der Waals surface area contributed by atoms with Crippen molar-refractivity contribution < 1.29 is 4.79 Å². The molecule has 2 rings (SSSR count). The van der Waals surface area contributed by atoms with Crippen molar-refractivity contribution in [3.63, 3.8) is 0 Å². The zero-order chi connectivity index (χ0) is 14.2. The van der Waals surface area contributed by atoms with Crippen molar-refractivity contribution in [2.24, 2.45) is 0 Å². The van der Waals surface area contributed by atoms with E-state index in [0.717, 1.165) is 17.1 Å². The molecule has 0 bridgehead atoms. The number of carbonyl (C=O) groups excluding carboxylic acids is 1. The van der Waals surface area contributed by atoms with Crippen LogP contribution in [-0.2, 0) is 0 Å². The lowest BCUT2D eigenvalue weighted by Gasteiger charge is -2.12. The van der Waals surface area contributed by atoms with E-state index in [9.17, 15) is 4.79 Å². The number of alkyl halides is 1. The lowest BCUT2D eigenvalue weighted by molar-refractivity contribution is 0.102. The van der Waals surface area contributed by atoms with Gasteiger partial charge in [-0.3, -0.25) is 4.79 Å². The molecule has 0 saturated carbocycles.